The van der Waals surface area contributed by atoms with Crippen LogP contribution in [0.5, 0.6) is 5.75 Å². The Balaban J connectivity index is 2.24. The molecule has 0 aliphatic carbocycles. The number of ether oxygens (including phenoxy) is 1. The van der Waals surface area contributed by atoms with E-state index in [4.69, 9.17) is 16.3 Å². The minimum Gasteiger partial charge on any atom is -0.507 e. The van der Waals surface area contributed by atoms with E-state index in [1.165, 1.54) is 12.0 Å². The number of aliphatic hydroxyl groups is 1. The van der Waals surface area contributed by atoms with Crippen LogP contribution < -0.4 is 4.74 Å². The summed E-state index contributed by atoms with van der Waals surface area (Å²) in [6.45, 7) is 4.28. The predicted molar refractivity (Wildman–Crippen MR) is 108 cm³/mol. The van der Waals surface area contributed by atoms with Crippen molar-refractivity contribution in [3.8, 4) is 5.75 Å². The van der Waals surface area contributed by atoms with Crippen molar-refractivity contribution in [1.82, 2.24) is 4.90 Å². The molecule has 146 valence electrons. The lowest BCUT2D eigenvalue weighted by molar-refractivity contribution is -0.139. The molecular formula is C22H22ClNO4. The summed E-state index contributed by atoms with van der Waals surface area (Å²) in [7, 11) is 1.50. The van der Waals surface area contributed by atoms with Gasteiger partial charge in [0.1, 0.15) is 11.5 Å². The van der Waals surface area contributed by atoms with Crippen molar-refractivity contribution in [2.45, 2.75) is 26.3 Å². The number of likely N-dealkylation sites (tertiary alicyclic amines) is 1. The third kappa shape index (κ3) is 3.50. The van der Waals surface area contributed by atoms with Crippen LogP contribution in [-0.4, -0.2) is 35.4 Å². The number of Topliss-reactive ketones (excluding diaryl/α,β-unsaturated/α-hetero) is 1. The van der Waals surface area contributed by atoms with Crippen molar-refractivity contribution in [2.75, 3.05) is 13.7 Å². The molecule has 3 rings (SSSR count). The number of ketones is 1. The summed E-state index contributed by atoms with van der Waals surface area (Å²) in [6, 6.07) is 11.7. The molecule has 2 aromatic carbocycles. The number of halogens is 1. The maximum absolute atomic E-state index is 12.9. The van der Waals surface area contributed by atoms with Gasteiger partial charge in [0.2, 0.25) is 0 Å². The van der Waals surface area contributed by atoms with Crippen LogP contribution in [0.25, 0.3) is 5.76 Å². The van der Waals surface area contributed by atoms with E-state index in [1.807, 2.05) is 38.1 Å². The second-order valence-corrected chi connectivity index (χ2v) is 7.16. The maximum Gasteiger partial charge on any atom is 0.295 e. The molecule has 1 N–H and O–H groups in total. The standard InChI is InChI=1S/C22H22ClNO4/c1-4-10-24-19(14-7-5-6-13(2)11-14)18(21(26)22(24)27)20(25)16-12-15(28-3)8-9-17(16)23/h5-9,11-12,19,25H,4,10H2,1-3H3/b20-18+. The summed E-state index contributed by atoms with van der Waals surface area (Å²) < 4.78 is 5.20. The van der Waals surface area contributed by atoms with Gasteiger partial charge in [-0.1, -0.05) is 48.4 Å². The molecule has 1 aliphatic rings. The van der Waals surface area contributed by atoms with Crippen LogP contribution in [-0.2, 0) is 9.59 Å². The van der Waals surface area contributed by atoms with E-state index < -0.39 is 17.7 Å². The SMILES string of the molecule is CCCN1C(=O)C(=O)/C(=C(/O)c2cc(OC)ccc2Cl)C1c1cccc(C)c1. The molecule has 1 fully saturated rings. The van der Waals surface area contributed by atoms with Crippen molar-refractivity contribution in [3.63, 3.8) is 0 Å². The zero-order chi connectivity index (χ0) is 20.4. The average molecular weight is 400 g/mol. The molecule has 2 aromatic rings. The zero-order valence-electron chi connectivity index (χ0n) is 16.0. The predicted octanol–water partition coefficient (Wildman–Crippen LogP) is 4.49. The summed E-state index contributed by atoms with van der Waals surface area (Å²) >= 11 is 6.27. The molecule has 1 aliphatic heterocycles. The fourth-order valence-electron chi connectivity index (χ4n) is 3.50. The van der Waals surface area contributed by atoms with Gasteiger partial charge in [0, 0.05) is 12.1 Å². The van der Waals surface area contributed by atoms with Gasteiger partial charge in [0.05, 0.1) is 23.7 Å². The van der Waals surface area contributed by atoms with E-state index in [0.717, 1.165) is 11.1 Å². The van der Waals surface area contributed by atoms with Gasteiger partial charge in [-0.2, -0.15) is 0 Å². The van der Waals surface area contributed by atoms with Crippen molar-refractivity contribution >= 4 is 29.1 Å². The summed E-state index contributed by atoms with van der Waals surface area (Å²) in [5.41, 5.74) is 2.07. The number of hydrogen-bond acceptors (Lipinski definition) is 4. The number of benzene rings is 2. The van der Waals surface area contributed by atoms with Crippen LogP contribution >= 0.6 is 11.6 Å². The number of carbonyl (C=O) groups is 2. The number of hydrogen-bond donors (Lipinski definition) is 1. The van der Waals surface area contributed by atoms with Crippen LogP contribution in [0.2, 0.25) is 5.02 Å². The molecule has 0 bridgehead atoms. The summed E-state index contributed by atoms with van der Waals surface area (Å²) in [4.78, 5) is 27.1. The van der Waals surface area contributed by atoms with Crippen molar-refractivity contribution < 1.29 is 19.4 Å². The lowest BCUT2D eigenvalue weighted by Gasteiger charge is -2.25. The molecule has 6 heteroatoms. The van der Waals surface area contributed by atoms with Gasteiger partial charge in [-0.15, -0.1) is 0 Å². The average Bonchev–Trinajstić information content (AvgIpc) is 2.93. The molecule has 1 saturated heterocycles. The fraction of sp³-hybridized carbons (Fsp3) is 0.273. The summed E-state index contributed by atoms with van der Waals surface area (Å²) in [5, 5.41) is 11.3. The Morgan fingerprint density at radius 1 is 1.21 bits per heavy atom. The highest BCUT2D eigenvalue weighted by atomic mass is 35.5. The molecular weight excluding hydrogens is 378 g/mol. The number of amides is 1. The maximum atomic E-state index is 12.9. The fourth-order valence-corrected chi connectivity index (χ4v) is 3.70. The van der Waals surface area contributed by atoms with Gasteiger partial charge < -0.3 is 14.7 Å². The Morgan fingerprint density at radius 3 is 2.61 bits per heavy atom. The topological polar surface area (TPSA) is 66.8 Å². The third-order valence-corrected chi connectivity index (χ3v) is 5.12. The van der Waals surface area contributed by atoms with Crippen molar-refractivity contribution in [1.29, 1.82) is 0 Å². The third-order valence-electron chi connectivity index (χ3n) is 4.79. The Labute approximate surface area is 169 Å². The van der Waals surface area contributed by atoms with Gasteiger partial charge in [-0.25, -0.2) is 0 Å². The highest BCUT2D eigenvalue weighted by molar-refractivity contribution is 6.47. The number of nitrogens with zero attached hydrogens (tertiary/aromatic N) is 1. The van der Waals surface area contributed by atoms with Gasteiger partial charge in [0.25, 0.3) is 11.7 Å². The van der Waals surface area contributed by atoms with E-state index in [-0.39, 0.29) is 21.9 Å². The van der Waals surface area contributed by atoms with Gasteiger partial charge in [-0.05, 0) is 37.1 Å². The van der Waals surface area contributed by atoms with Crippen LogP contribution in [0, 0.1) is 6.92 Å². The van der Waals surface area contributed by atoms with E-state index in [9.17, 15) is 14.7 Å². The number of rotatable bonds is 5. The lowest BCUT2D eigenvalue weighted by atomic mass is 9.94. The number of aliphatic hydroxyl groups excluding tert-OH is 1. The second-order valence-electron chi connectivity index (χ2n) is 6.75. The van der Waals surface area contributed by atoms with Crippen molar-refractivity contribution in [2.24, 2.45) is 0 Å². The van der Waals surface area contributed by atoms with Crippen LogP contribution in [0.15, 0.2) is 48.0 Å². The van der Waals surface area contributed by atoms with E-state index in [2.05, 4.69) is 0 Å². The van der Waals surface area contributed by atoms with Crippen LogP contribution in [0.4, 0.5) is 0 Å². The Morgan fingerprint density at radius 2 is 1.96 bits per heavy atom. The Hall–Kier alpha value is -2.79. The lowest BCUT2D eigenvalue weighted by Crippen LogP contribution is -2.30. The smallest absolute Gasteiger partial charge is 0.295 e. The number of methoxy groups -OCH3 is 1. The van der Waals surface area contributed by atoms with Crippen LogP contribution in [0.3, 0.4) is 0 Å². The highest BCUT2D eigenvalue weighted by Crippen LogP contribution is 2.41. The summed E-state index contributed by atoms with van der Waals surface area (Å²) in [6.07, 6.45) is 0.690. The molecule has 0 saturated carbocycles. The molecule has 1 heterocycles. The zero-order valence-corrected chi connectivity index (χ0v) is 16.8. The minimum atomic E-state index is -0.712. The first-order chi connectivity index (χ1) is 13.4. The Bertz CT molecular complexity index is 967. The van der Waals surface area contributed by atoms with Crippen molar-refractivity contribution in [3.05, 3.63) is 69.8 Å². The quantitative estimate of drug-likeness (QED) is 0.457. The highest BCUT2D eigenvalue weighted by Gasteiger charge is 2.45. The first-order valence-corrected chi connectivity index (χ1v) is 9.45. The monoisotopic (exact) mass is 399 g/mol. The number of aryl methyl sites for hydroxylation is 1. The van der Waals surface area contributed by atoms with Gasteiger partial charge in [0.15, 0.2) is 0 Å². The minimum absolute atomic E-state index is 0.0409. The largest absolute Gasteiger partial charge is 0.507 e. The molecule has 0 radical (unpaired) electrons. The molecule has 1 amide bonds. The molecule has 1 atom stereocenters. The Kier molecular flexibility index (Phi) is 5.75. The number of carbonyl (C=O) groups excluding carboxylic acids is 2. The van der Waals surface area contributed by atoms with E-state index >= 15 is 0 Å². The molecule has 0 aromatic heterocycles. The molecule has 5 nitrogen and oxygen atoms in total. The first-order valence-electron chi connectivity index (χ1n) is 9.08. The summed E-state index contributed by atoms with van der Waals surface area (Å²) in [5.74, 6) is -1.14. The molecule has 0 spiro atoms. The van der Waals surface area contributed by atoms with Gasteiger partial charge >= 0.3 is 0 Å². The molecule has 28 heavy (non-hydrogen) atoms. The van der Waals surface area contributed by atoms with Gasteiger partial charge in [-0.3, -0.25) is 9.59 Å². The first kappa shape index (κ1) is 20.0. The van der Waals surface area contributed by atoms with E-state index in [1.54, 1.807) is 18.2 Å². The van der Waals surface area contributed by atoms with E-state index in [0.29, 0.717) is 18.7 Å². The normalized spacial score (nSPS) is 18.6. The second kappa shape index (κ2) is 8.07. The van der Waals surface area contributed by atoms with Crippen LogP contribution in [0.1, 0.15) is 36.1 Å². The molecule has 1 unspecified atom stereocenters.